The molecule has 0 aromatic rings. The van der Waals surface area contributed by atoms with Crippen molar-refractivity contribution in [1.82, 2.24) is 0 Å². The molecule has 0 radical (unpaired) electrons. The SMILES string of the molecule is CCC1(CC)OC(=O)C(C)O1. The molecule has 3 nitrogen and oxygen atoms in total. The molecule has 1 fully saturated rings. The molecule has 0 aromatic heterocycles. The van der Waals surface area contributed by atoms with Crippen LogP contribution in [0.2, 0.25) is 0 Å². The topological polar surface area (TPSA) is 35.5 Å². The summed E-state index contributed by atoms with van der Waals surface area (Å²) in [6.45, 7) is 5.62. The molecule has 0 saturated carbocycles. The third kappa shape index (κ3) is 1.38. The van der Waals surface area contributed by atoms with Gasteiger partial charge in [-0.15, -0.1) is 0 Å². The Kier molecular flexibility index (Phi) is 2.18. The van der Waals surface area contributed by atoms with E-state index in [-0.39, 0.29) is 5.97 Å². The average molecular weight is 158 g/mol. The van der Waals surface area contributed by atoms with Crippen LogP contribution < -0.4 is 0 Å². The van der Waals surface area contributed by atoms with Crippen molar-refractivity contribution in [3.05, 3.63) is 0 Å². The molecule has 1 rings (SSSR count). The standard InChI is InChI=1S/C8H14O3/c1-4-8(5-2)10-6(3)7(9)11-8/h6H,4-5H2,1-3H3. The number of carbonyl (C=O) groups is 1. The van der Waals surface area contributed by atoms with E-state index in [1.807, 2.05) is 13.8 Å². The highest BCUT2D eigenvalue weighted by Crippen LogP contribution is 2.30. The second kappa shape index (κ2) is 2.81. The van der Waals surface area contributed by atoms with Gasteiger partial charge in [-0.1, -0.05) is 13.8 Å². The van der Waals surface area contributed by atoms with Gasteiger partial charge >= 0.3 is 5.97 Å². The molecule has 1 aliphatic rings. The number of rotatable bonds is 2. The lowest BCUT2D eigenvalue weighted by atomic mass is 10.1. The molecule has 0 amide bonds. The molecule has 0 bridgehead atoms. The van der Waals surface area contributed by atoms with Crippen molar-refractivity contribution in [2.24, 2.45) is 0 Å². The van der Waals surface area contributed by atoms with Gasteiger partial charge in [0.1, 0.15) is 0 Å². The molecule has 1 saturated heterocycles. The second-order valence-corrected chi connectivity index (χ2v) is 2.80. The fraction of sp³-hybridized carbons (Fsp3) is 0.875. The van der Waals surface area contributed by atoms with Crippen LogP contribution >= 0.6 is 0 Å². The molecule has 0 aromatic carbocycles. The predicted molar refractivity (Wildman–Crippen MR) is 40.0 cm³/mol. The van der Waals surface area contributed by atoms with Gasteiger partial charge in [-0.25, -0.2) is 4.79 Å². The molecule has 0 aliphatic carbocycles. The van der Waals surface area contributed by atoms with Gasteiger partial charge in [0, 0.05) is 12.8 Å². The highest BCUT2D eigenvalue weighted by molar-refractivity contribution is 5.76. The fourth-order valence-corrected chi connectivity index (χ4v) is 1.22. The summed E-state index contributed by atoms with van der Waals surface area (Å²) < 4.78 is 10.5. The molecule has 11 heavy (non-hydrogen) atoms. The van der Waals surface area contributed by atoms with E-state index in [0.717, 1.165) is 12.8 Å². The number of cyclic esters (lactones) is 1. The minimum Gasteiger partial charge on any atom is -0.431 e. The van der Waals surface area contributed by atoms with Gasteiger partial charge < -0.3 is 9.47 Å². The maximum Gasteiger partial charge on any atom is 0.337 e. The van der Waals surface area contributed by atoms with Gasteiger partial charge in [0.05, 0.1) is 0 Å². The lowest BCUT2D eigenvalue weighted by Crippen LogP contribution is -2.28. The van der Waals surface area contributed by atoms with Crippen molar-refractivity contribution < 1.29 is 14.3 Å². The van der Waals surface area contributed by atoms with E-state index in [9.17, 15) is 4.79 Å². The van der Waals surface area contributed by atoms with Crippen LogP contribution in [0.3, 0.4) is 0 Å². The molecule has 1 heterocycles. The molecule has 1 unspecified atom stereocenters. The van der Waals surface area contributed by atoms with E-state index >= 15 is 0 Å². The first kappa shape index (κ1) is 8.53. The Morgan fingerprint density at radius 3 is 2.18 bits per heavy atom. The van der Waals surface area contributed by atoms with Gasteiger partial charge in [0.2, 0.25) is 5.79 Å². The first-order chi connectivity index (χ1) is 5.13. The van der Waals surface area contributed by atoms with Gasteiger partial charge in [-0.05, 0) is 6.92 Å². The smallest absolute Gasteiger partial charge is 0.337 e. The van der Waals surface area contributed by atoms with Crippen molar-refractivity contribution in [1.29, 1.82) is 0 Å². The molecule has 0 spiro atoms. The van der Waals surface area contributed by atoms with E-state index in [1.165, 1.54) is 0 Å². The second-order valence-electron chi connectivity index (χ2n) is 2.80. The average Bonchev–Trinajstić information content (AvgIpc) is 2.29. The van der Waals surface area contributed by atoms with Gasteiger partial charge in [-0.3, -0.25) is 0 Å². The first-order valence-electron chi connectivity index (χ1n) is 4.04. The number of ether oxygens (including phenoxy) is 2. The van der Waals surface area contributed by atoms with Gasteiger partial charge in [0.15, 0.2) is 6.10 Å². The van der Waals surface area contributed by atoms with E-state index < -0.39 is 11.9 Å². The minimum atomic E-state index is -0.628. The maximum absolute atomic E-state index is 11.0. The Balaban J connectivity index is 2.68. The Morgan fingerprint density at radius 2 is 2.00 bits per heavy atom. The summed E-state index contributed by atoms with van der Waals surface area (Å²) in [5, 5.41) is 0. The zero-order valence-electron chi connectivity index (χ0n) is 7.22. The normalized spacial score (nSPS) is 28.6. The lowest BCUT2D eigenvalue weighted by Gasteiger charge is -2.22. The molecule has 1 atom stereocenters. The number of esters is 1. The van der Waals surface area contributed by atoms with E-state index in [0.29, 0.717) is 0 Å². The molecule has 3 heteroatoms. The molecular weight excluding hydrogens is 144 g/mol. The first-order valence-corrected chi connectivity index (χ1v) is 4.04. The van der Waals surface area contributed by atoms with Crippen LogP contribution in [0.25, 0.3) is 0 Å². The van der Waals surface area contributed by atoms with Crippen LogP contribution in [0.15, 0.2) is 0 Å². The quantitative estimate of drug-likeness (QED) is 0.571. The van der Waals surface area contributed by atoms with E-state index in [4.69, 9.17) is 9.47 Å². The van der Waals surface area contributed by atoms with Crippen LogP contribution in [0.4, 0.5) is 0 Å². The molecule has 1 aliphatic heterocycles. The van der Waals surface area contributed by atoms with Crippen LogP contribution in [0, 0.1) is 0 Å². The third-order valence-electron chi connectivity index (χ3n) is 2.09. The summed E-state index contributed by atoms with van der Waals surface area (Å²) in [6, 6.07) is 0. The Morgan fingerprint density at radius 1 is 1.45 bits per heavy atom. The number of hydrogen-bond acceptors (Lipinski definition) is 3. The van der Waals surface area contributed by atoms with Crippen LogP contribution in [0.1, 0.15) is 33.6 Å². The fourth-order valence-electron chi connectivity index (χ4n) is 1.22. The molecular formula is C8H14O3. The van der Waals surface area contributed by atoms with E-state index in [2.05, 4.69) is 0 Å². The van der Waals surface area contributed by atoms with Crippen molar-refractivity contribution in [3.8, 4) is 0 Å². The van der Waals surface area contributed by atoms with Crippen molar-refractivity contribution in [3.63, 3.8) is 0 Å². The Hall–Kier alpha value is -0.570. The van der Waals surface area contributed by atoms with Crippen LogP contribution in [-0.2, 0) is 14.3 Å². The van der Waals surface area contributed by atoms with E-state index in [1.54, 1.807) is 6.92 Å². The highest BCUT2D eigenvalue weighted by Gasteiger charge is 2.43. The summed E-state index contributed by atoms with van der Waals surface area (Å²) >= 11 is 0. The predicted octanol–water partition coefficient (Wildman–Crippen LogP) is 1.46. The molecule has 0 N–H and O–H groups in total. The van der Waals surface area contributed by atoms with Crippen LogP contribution in [0.5, 0.6) is 0 Å². The summed E-state index contributed by atoms with van der Waals surface area (Å²) in [7, 11) is 0. The minimum absolute atomic E-state index is 0.242. The van der Waals surface area contributed by atoms with Crippen molar-refractivity contribution >= 4 is 5.97 Å². The maximum atomic E-state index is 11.0. The molecule has 64 valence electrons. The number of carbonyl (C=O) groups excluding carboxylic acids is 1. The summed E-state index contributed by atoms with van der Waals surface area (Å²) in [5.74, 6) is -0.870. The summed E-state index contributed by atoms with van der Waals surface area (Å²) in [6.07, 6.45) is 1.05. The lowest BCUT2D eigenvalue weighted by molar-refractivity contribution is -0.179. The number of hydrogen-bond donors (Lipinski definition) is 0. The third-order valence-corrected chi connectivity index (χ3v) is 2.09. The highest BCUT2D eigenvalue weighted by atomic mass is 16.8. The van der Waals surface area contributed by atoms with Crippen molar-refractivity contribution in [2.75, 3.05) is 0 Å². The Bertz CT molecular complexity index is 161. The van der Waals surface area contributed by atoms with Crippen LogP contribution in [-0.4, -0.2) is 17.9 Å². The van der Waals surface area contributed by atoms with Gasteiger partial charge in [-0.2, -0.15) is 0 Å². The Labute approximate surface area is 66.7 Å². The summed E-state index contributed by atoms with van der Waals surface area (Å²) in [4.78, 5) is 11.0. The van der Waals surface area contributed by atoms with Gasteiger partial charge in [0.25, 0.3) is 0 Å². The largest absolute Gasteiger partial charge is 0.431 e. The zero-order valence-corrected chi connectivity index (χ0v) is 7.22. The van der Waals surface area contributed by atoms with Crippen molar-refractivity contribution in [2.45, 2.75) is 45.5 Å². The zero-order chi connectivity index (χ0) is 8.48. The summed E-state index contributed by atoms with van der Waals surface area (Å²) in [5.41, 5.74) is 0. The monoisotopic (exact) mass is 158 g/mol.